The predicted octanol–water partition coefficient (Wildman–Crippen LogP) is 4.12. The molecule has 1 aliphatic carbocycles. The zero-order valence-corrected chi connectivity index (χ0v) is 13.4. The molecule has 1 saturated heterocycles. The summed E-state index contributed by atoms with van der Waals surface area (Å²) in [6.07, 6.45) is 5.71. The summed E-state index contributed by atoms with van der Waals surface area (Å²) in [6, 6.07) is 8.60. The highest BCUT2D eigenvalue weighted by molar-refractivity contribution is 7.17. The van der Waals surface area contributed by atoms with Crippen LogP contribution in [0, 0.1) is 5.92 Å². The van der Waals surface area contributed by atoms with E-state index in [2.05, 4.69) is 34.5 Å². The fourth-order valence-corrected chi connectivity index (χ4v) is 5.33. The van der Waals surface area contributed by atoms with Gasteiger partial charge in [0.05, 0.1) is 0 Å². The van der Waals surface area contributed by atoms with Crippen molar-refractivity contribution >= 4 is 27.4 Å². The standard InChI is InChI=1S/C18H21NO2S/c20-18(21)16-9-12-5-1-3-7-15(12)19(16)10-13-11-22-17-8-4-2-6-14(13)17/h2,4,6,8,11-12,15-16H,1,3,5,7,9-10H2,(H,20,21). The summed E-state index contributed by atoms with van der Waals surface area (Å²) >= 11 is 1.76. The van der Waals surface area contributed by atoms with E-state index in [0.29, 0.717) is 12.0 Å². The Morgan fingerprint density at radius 1 is 1.27 bits per heavy atom. The van der Waals surface area contributed by atoms with Gasteiger partial charge in [0, 0.05) is 17.3 Å². The Labute approximate surface area is 134 Å². The molecule has 3 nitrogen and oxygen atoms in total. The maximum absolute atomic E-state index is 11.7. The number of hydrogen-bond acceptors (Lipinski definition) is 3. The second-order valence-corrected chi connectivity index (χ2v) is 7.54. The summed E-state index contributed by atoms with van der Waals surface area (Å²) in [6.45, 7) is 0.780. The van der Waals surface area contributed by atoms with Crippen molar-refractivity contribution < 1.29 is 9.90 Å². The predicted molar refractivity (Wildman–Crippen MR) is 89.2 cm³/mol. The number of fused-ring (bicyclic) bond motifs is 2. The maximum Gasteiger partial charge on any atom is 0.320 e. The first-order valence-electron chi connectivity index (χ1n) is 8.17. The van der Waals surface area contributed by atoms with Gasteiger partial charge in [-0.25, -0.2) is 0 Å². The van der Waals surface area contributed by atoms with Crippen LogP contribution in [0.4, 0.5) is 0 Å². The van der Waals surface area contributed by atoms with E-state index < -0.39 is 5.97 Å². The molecule has 2 aliphatic rings. The van der Waals surface area contributed by atoms with Crippen molar-refractivity contribution in [3.63, 3.8) is 0 Å². The van der Waals surface area contributed by atoms with Crippen molar-refractivity contribution in [2.75, 3.05) is 0 Å². The summed E-state index contributed by atoms with van der Waals surface area (Å²) in [4.78, 5) is 14.0. The molecule has 2 fully saturated rings. The lowest BCUT2D eigenvalue weighted by Crippen LogP contribution is -2.41. The molecule has 2 heterocycles. The number of carboxylic acids is 1. The third-order valence-electron chi connectivity index (χ3n) is 5.42. The Balaban J connectivity index is 1.65. The normalized spacial score (nSPS) is 28.8. The summed E-state index contributed by atoms with van der Waals surface area (Å²) in [5, 5.41) is 13.1. The molecule has 22 heavy (non-hydrogen) atoms. The molecule has 4 heteroatoms. The Morgan fingerprint density at radius 2 is 2.09 bits per heavy atom. The molecular weight excluding hydrogens is 294 g/mol. The summed E-state index contributed by atoms with van der Waals surface area (Å²) < 4.78 is 1.30. The average Bonchev–Trinajstić information content (AvgIpc) is 3.10. The first-order valence-corrected chi connectivity index (χ1v) is 9.05. The number of nitrogens with zero attached hydrogens (tertiary/aromatic N) is 1. The summed E-state index contributed by atoms with van der Waals surface area (Å²) in [5.41, 5.74) is 1.29. The Kier molecular flexibility index (Phi) is 3.66. The van der Waals surface area contributed by atoms with Crippen molar-refractivity contribution in [3.05, 3.63) is 35.2 Å². The lowest BCUT2D eigenvalue weighted by atomic mass is 9.84. The van der Waals surface area contributed by atoms with E-state index in [1.165, 1.54) is 34.9 Å². The molecule has 3 atom stereocenters. The third kappa shape index (κ3) is 2.34. The molecule has 1 N–H and O–H groups in total. The van der Waals surface area contributed by atoms with Crippen LogP contribution in [0.1, 0.15) is 37.7 Å². The molecule has 0 radical (unpaired) electrons. The third-order valence-corrected chi connectivity index (χ3v) is 6.43. The highest BCUT2D eigenvalue weighted by Gasteiger charge is 2.45. The molecule has 0 spiro atoms. The van der Waals surface area contributed by atoms with E-state index >= 15 is 0 Å². The first kappa shape index (κ1) is 14.2. The lowest BCUT2D eigenvalue weighted by Gasteiger charge is -2.32. The topological polar surface area (TPSA) is 40.5 Å². The number of hydrogen-bond donors (Lipinski definition) is 1. The van der Waals surface area contributed by atoms with Gasteiger partial charge in [-0.15, -0.1) is 11.3 Å². The molecule has 0 bridgehead atoms. The zero-order chi connectivity index (χ0) is 15.1. The fourth-order valence-electron chi connectivity index (χ4n) is 4.37. The van der Waals surface area contributed by atoms with Gasteiger partial charge in [-0.2, -0.15) is 0 Å². The highest BCUT2D eigenvalue weighted by atomic mass is 32.1. The van der Waals surface area contributed by atoms with Crippen molar-refractivity contribution in [2.45, 2.75) is 50.7 Å². The Morgan fingerprint density at radius 3 is 2.95 bits per heavy atom. The lowest BCUT2D eigenvalue weighted by molar-refractivity contribution is -0.142. The minimum atomic E-state index is -0.645. The SMILES string of the molecule is O=C(O)C1CC2CCCCC2N1Cc1csc2ccccc12. The molecule has 1 aromatic heterocycles. The second-order valence-electron chi connectivity index (χ2n) is 6.63. The fraction of sp³-hybridized carbons (Fsp3) is 0.500. The molecule has 1 aromatic carbocycles. The van der Waals surface area contributed by atoms with Crippen molar-refractivity contribution in [2.24, 2.45) is 5.92 Å². The van der Waals surface area contributed by atoms with E-state index in [4.69, 9.17) is 0 Å². The van der Waals surface area contributed by atoms with Gasteiger partial charge in [-0.1, -0.05) is 31.0 Å². The molecule has 3 unspecified atom stereocenters. The number of likely N-dealkylation sites (tertiary alicyclic amines) is 1. The van der Waals surface area contributed by atoms with Crippen LogP contribution < -0.4 is 0 Å². The number of carbonyl (C=O) groups is 1. The van der Waals surface area contributed by atoms with Gasteiger partial charge in [0.1, 0.15) is 6.04 Å². The van der Waals surface area contributed by atoms with Gasteiger partial charge in [-0.05, 0) is 47.6 Å². The number of carboxylic acid groups (broad SMARTS) is 1. The minimum Gasteiger partial charge on any atom is -0.480 e. The molecular formula is C18H21NO2S. The summed E-state index contributed by atoms with van der Waals surface area (Å²) in [7, 11) is 0. The molecule has 1 saturated carbocycles. The number of rotatable bonds is 3. The molecule has 1 aliphatic heterocycles. The van der Waals surface area contributed by atoms with Crippen LogP contribution in [0.5, 0.6) is 0 Å². The number of aliphatic carboxylic acids is 1. The van der Waals surface area contributed by atoms with Gasteiger partial charge in [-0.3, -0.25) is 9.69 Å². The molecule has 2 aromatic rings. The van der Waals surface area contributed by atoms with Crippen LogP contribution in [0.2, 0.25) is 0 Å². The van der Waals surface area contributed by atoms with E-state index in [1.54, 1.807) is 11.3 Å². The number of thiophene rings is 1. The van der Waals surface area contributed by atoms with Crippen LogP contribution in [0.15, 0.2) is 29.6 Å². The quantitative estimate of drug-likeness (QED) is 0.926. The van der Waals surface area contributed by atoms with Gasteiger partial charge in [0.15, 0.2) is 0 Å². The van der Waals surface area contributed by atoms with Crippen molar-refractivity contribution in [1.29, 1.82) is 0 Å². The van der Waals surface area contributed by atoms with Gasteiger partial charge in [0.25, 0.3) is 0 Å². The molecule has 0 amide bonds. The second kappa shape index (κ2) is 5.67. The minimum absolute atomic E-state index is 0.299. The molecule has 116 valence electrons. The van der Waals surface area contributed by atoms with E-state index in [0.717, 1.165) is 19.4 Å². The van der Waals surface area contributed by atoms with Crippen molar-refractivity contribution in [1.82, 2.24) is 4.90 Å². The number of benzene rings is 1. The van der Waals surface area contributed by atoms with Gasteiger partial charge >= 0.3 is 5.97 Å². The van der Waals surface area contributed by atoms with Crippen LogP contribution in [-0.2, 0) is 11.3 Å². The van der Waals surface area contributed by atoms with Crippen LogP contribution in [0.3, 0.4) is 0 Å². The van der Waals surface area contributed by atoms with E-state index in [9.17, 15) is 9.90 Å². The van der Waals surface area contributed by atoms with E-state index in [-0.39, 0.29) is 6.04 Å². The largest absolute Gasteiger partial charge is 0.480 e. The smallest absolute Gasteiger partial charge is 0.320 e. The summed E-state index contributed by atoms with van der Waals surface area (Å²) in [5.74, 6) is -0.0614. The van der Waals surface area contributed by atoms with Crippen LogP contribution >= 0.6 is 11.3 Å². The Hall–Kier alpha value is -1.39. The highest BCUT2D eigenvalue weighted by Crippen LogP contribution is 2.41. The zero-order valence-electron chi connectivity index (χ0n) is 12.6. The van der Waals surface area contributed by atoms with Crippen molar-refractivity contribution in [3.8, 4) is 0 Å². The van der Waals surface area contributed by atoms with E-state index in [1.807, 2.05) is 0 Å². The average molecular weight is 315 g/mol. The Bertz CT molecular complexity index is 695. The van der Waals surface area contributed by atoms with Crippen LogP contribution in [-0.4, -0.2) is 28.1 Å². The van der Waals surface area contributed by atoms with Gasteiger partial charge in [0.2, 0.25) is 0 Å². The maximum atomic E-state index is 11.7. The monoisotopic (exact) mass is 315 g/mol. The molecule has 4 rings (SSSR count). The van der Waals surface area contributed by atoms with Gasteiger partial charge < -0.3 is 5.11 Å². The van der Waals surface area contributed by atoms with Crippen LogP contribution in [0.25, 0.3) is 10.1 Å². The first-order chi connectivity index (χ1) is 10.7.